The van der Waals surface area contributed by atoms with Crippen LogP contribution >= 0.6 is 0 Å². The minimum absolute atomic E-state index is 0.0284. The van der Waals surface area contributed by atoms with E-state index in [4.69, 9.17) is 9.47 Å². The lowest BCUT2D eigenvalue weighted by molar-refractivity contribution is -0.116. The van der Waals surface area contributed by atoms with Crippen LogP contribution in [0, 0.1) is 6.92 Å². The van der Waals surface area contributed by atoms with Crippen LogP contribution in [0.2, 0.25) is 0 Å². The number of anilines is 1. The summed E-state index contributed by atoms with van der Waals surface area (Å²) in [7, 11) is 1.63. The molecular weight excluding hydrogens is 294 g/mol. The normalized spacial score (nSPS) is 16.7. The van der Waals surface area contributed by atoms with E-state index in [2.05, 4.69) is 22.4 Å². The van der Waals surface area contributed by atoms with E-state index in [1.807, 2.05) is 25.1 Å². The van der Waals surface area contributed by atoms with E-state index in [1.54, 1.807) is 7.11 Å². The van der Waals surface area contributed by atoms with Gasteiger partial charge < -0.3 is 14.8 Å². The summed E-state index contributed by atoms with van der Waals surface area (Å²) in [5, 5.41) is 9.93. The maximum Gasteiger partial charge on any atom is 0.226 e. The van der Waals surface area contributed by atoms with Crippen LogP contribution in [-0.2, 0) is 4.79 Å². The van der Waals surface area contributed by atoms with Crippen LogP contribution in [0.4, 0.5) is 5.82 Å². The first-order valence-electron chi connectivity index (χ1n) is 7.79. The maximum atomic E-state index is 12.0. The van der Waals surface area contributed by atoms with Crippen LogP contribution < -0.4 is 14.8 Å². The van der Waals surface area contributed by atoms with E-state index >= 15 is 0 Å². The number of hydrogen-bond acceptors (Lipinski definition) is 4. The van der Waals surface area contributed by atoms with Gasteiger partial charge in [-0.15, -0.1) is 0 Å². The number of nitrogens with zero attached hydrogens (tertiary/aromatic N) is 1. The second-order valence-corrected chi connectivity index (χ2v) is 5.67. The van der Waals surface area contributed by atoms with Crippen molar-refractivity contribution in [2.75, 3.05) is 19.0 Å². The molecule has 0 bridgehead atoms. The predicted octanol–water partition coefficient (Wildman–Crippen LogP) is 2.99. The number of methoxy groups -OCH3 is 1. The van der Waals surface area contributed by atoms with Crippen molar-refractivity contribution in [2.45, 2.75) is 32.6 Å². The van der Waals surface area contributed by atoms with E-state index in [9.17, 15) is 4.79 Å². The van der Waals surface area contributed by atoms with Gasteiger partial charge in [0.05, 0.1) is 13.7 Å². The third-order valence-corrected chi connectivity index (χ3v) is 4.04. The number of fused-ring (bicyclic) bond motifs is 1. The molecule has 0 spiro atoms. The second-order valence-electron chi connectivity index (χ2n) is 5.67. The summed E-state index contributed by atoms with van der Waals surface area (Å²) in [4.78, 5) is 12.0. The number of aryl methyl sites for hydroxylation is 1. The summed E-state index contributed by atoms with van der Waals surface area (Å²) < 4.78 is 11.1. The van der Waals surface area contributed by atoms with Crippen LogP contribution in [0.15, 0.2) is 18.2 Å². The van der Waals surface area contributed by atoms with E-state index < -0.39 is 0 Å². The molecule has 1 aromatic carbocycles. The molecule has 2 N–H and O–H groups in total. The summed E-state index contributed by atoms with van der Waals surface area (Å²) in [6, 6.07) is 5.85. The molecule has 0 saturated heterocycles. The summed E-state index contributed by atoms with van der Waals surface area (Å²) in [5.41, 5.74) is 3.02. The molecule has 0 saturated carbocycles. The number of H-pyrrole nitrogens is 1. The summed E-state index contributed by atoms with van der Waals surface area (Å²) in [5.74, 6) is 1.96. The highest BCUT2D eigenvalue weighted by Crippen LogP contribution is 2.40. The zero-order valence-electron chi connectivity index (χ0n) is 13.6. The third kappa shape index (κ3) is 2.88. The number of aromatic amines is 1. The first kappa shape index (κ1) is 15.4. The van der Waals surface area contributed by atoms with Crippen molar-refractivity contribution in [3.63, 3.8) is 0 Å². The standard InChI is InChI=1S/C17H21N3O3/c1-4-7-23-13-6-5-11(8-14(13)22-3)12-9-15(21)18-17-16(12)10(2)19-20-17/h5-6,8,12H,4,7,9H2,1-3H3,(H2,18,19,20,21)/t12-/m0/s1. The molecule has 0 unspecified atom stereocenters. The van der Waals surface area contributed by atoms with Gasteiger partial charge in [-0.3, -0.25) is 9.89 Å². The molecule has 1 aliphatic heterocycles. The van der Waals surface area contributed by atoms with Crippen molar-refractivity contribution < 1.29 is 14.3 Å². The lowest BCUT2D eigenvalue weighted by Crippen LogP contribution is -2.23. The Kier molecular flexibility index (Phi) is 4.23. The molecule has 0 fully saturated rings. The quantitative estimate of drug-likeness (QED) is 0.889. The van der Waals surface area contributed by atoms with Crippen molar-refractivity contribution >= 4 is 11.7 Å². The van der Waals surface area contributed by atoms with Gasteiger partial charge in [-0.25, -0.2) is 0 Å². The van der Waals surface area contributed by atoms with Crippen LogP contribution in [0.1, 0.15) is 42.5 Å². The lowest BCUT2D eigenvalue weighted by Gasteiger charge is -2.23. The Hall–Kier alpha value is -2.50. The Balaban J connectivity index is 1.98. The summed E-state index contributed by atoms with van der Waals surface area (Å²) >= 11 is 0. The highest BCUT2D eigenvalue weighted by atomic mass is 16.5. The summed E-state index contributed by atoms with van der Waals surface area (Å²) in [6.45, 7) is 4.67. The molecule has 1 aromatic heterocycles. The molecule has 1 aliphatic rings. The average Bonchev–Trinajstić information content (AvgIpc) is 2.93. The molecule has 0 aliphatic carbocycles. The largest absolute Gasteiger partial charge is 0.493 e. The van der Waals surface area contributed by atoms with Gasteiger partial charge in [0.2, 0.25) is 5.91 Å². The molecule has 1 atom stereocenters. The van der Waals surface area contributed by atoms with E-state index in [0.717, 1.165) is 29.0 Å². The Morgan fingerprint density at radius 3 is 2.91 bits per heavy atom. The van der Waals surface area contributed by atoms with Gasteiger partial charge in [0, 0.05) is 23.6 Å². The van der Waals surface area contributed by atoms with Crippen LogP contribution in [0.3, 0.4) is 0 Å². The fourth-order valence-electron chi connectivity index (χ4n) is 2.95. The average molecular weight is 315 g/mol. The molecular formula is C17H21N3O3. The van der Waals surface area contributed by atoms with Gasteiger partial charge >= 0.3 is 0 Å². The Morgan fingerprint density at radius 2 is 2.17 bits per heavy atom. The minimum atomic E-state index is -0.0355. The number of ether oxygens (including phenoxy) is 2. The molecule has 0 radical (unpaired) electrons. The first-order chi connectivity index (χ1) is 11.1. The first-order valence-corrected chi connectivity index (χ1v) is 7.79. The Bertz CT molecular complexity index is 724. The monoisotopic (exact) mass is 315 g/mol. The van der Waals surface area contributed by atoms with Crippen molar-refractivity contribution in [1.82, 2.24) is 10.2 Å². The molecule has 6 nitrogen and oxygen atoms in total. The fourth-order valence-corrected chi connectivity index (χ4v) is 2.95. The van der Waals surface area contributed by atoms with E-state index in [1.165, 1.54) is 0 Å². The predicted molar refractivity (Wildman–Crippen MR) is 87.2 cm³/mol. The van der Waals surface area contributed by atoms with Gasteiger partial charge in [0.1, 0.15) is 0 Å². The number of nitrogens with one attached hydrogen (secondary N) is 2. The third-order valence-electron chi connectivity index (χ3n) is 4.04. The molecule has 122 valence electrons. The van der Waals surface area contributed by atoms with Gasteiger partial charge in [-0.2, -0.15) is 5.10 Å². The number of carbonyl (C=O) groups is 1. The van der Waals surface area contributed by atoms with Crippen molar-refractivity contribution in [2.24, 2.45) is 0 Å². The topological polar surface area (TPSA) is 76.2 Å². The molecule has 2 heterocycles. The number of aromatic nitrogens is 2. The zero-order valence-corrected chi connectivity index (χ0v) is 13.6. The number of hydrogen-bond donors (Lipinski definition) is 2. The van der Waals surface area contributed by atoms with E-state index in [0.29, 0.717) is 24.6 Å². The number of rotatable bonds is 5. The number of amides is 1. The van der Waals surface area contributed by atoms with Crippen molar-refractivity contribution in [1.29, 1.82) is 0 Å². The second kappa shape index (κ2) is 6.32. The Morgan fingerprint density at radius 1 is 1.35 bits per heavy atom. The smallest absolute Gasteiger partial charge is 0.226 e. The fraction of sp³-hybridized carbons (Fsp3) is 0.412. The van der Waals surface area contributed by atoms with E-state index in [-0.39, 0.29) is 11.8 Å². The SMILES string of the molecule is CCCOc1ccc([C@@H]2CC(=O)Nc3n[nH]c(C)c32)cc1OC. The van der Waals surface area contributed by atoms with Gasteiger partial charge in [0.25, 0.3) is 0 Å². The lowest BCUT2D eigenvalue weighted by atomic mass is 9.85. The highest BCUT2D eigenvalue weighted by Gasteiger charge is 2.30. The van der Waals surface area contributed by atoms with Crippen LogP contribution in [-0.4, -0.2) is 29.8 Å². The minimum Gasteiger partial charge on any atom is -0.493 e. The number of benzene rings is 1. The number of carbonyl (C=O) groups excluding carboxylic acids is 1. The van der Waals surface area contributed by atoms with Crippen molar-refractivity contribution in [3.8, 4) is 11.5 Å². The Labute approximate surface area is 135 Å². The van der Waals surface area contributed by atoms with Gasteiger partial charge in [-0.05, 0) is 31.0 Å². The van der Waals surface area contributed by atoms with Gasteiger partial charge in [0.15, 0.2) is 17.3 Å². The van der Waals surface area contributed by atoms with Gasteiger partial charge in [-0.1, -0.05) is 13.0 Å². The van der Waals surface area contributed by atoms with Crippen molar-refractivity contribution in [3.05, 3.63) is 35.0 Å². The van der Waals surface area contributed by atoms with Crippen LogP contribution in [0.5, 0.6) is 11.5 Å². The molecule has 23 heavy (non-hydrogen) atoms. The zero-order chi connectivity index (χ0) is 16.4. The molecule has 1 amide bonds. The highest BCUT2D eigenvalue weighted by molar-refractivity contribution is 5.94. The molecule has 6 heteroatoms. The maximum absolute atomic E-state index is 12.0. The molecule has 2 aromatic rings. The summed E-state index contributed by atoms with van der Waals surface area (Å²) in [6.07, 6.45) is 1.33. The van der Waals surface area contributed by atoms with Crippen LogP contribution in [0.25, 0.3) is 0 Å². The molecule has 3 rings (SSSR count).